The van der Waals surface area contributed by atoms with Gasteiger partial charge in [0.05, 0.1) is 0 Å². The van der Waals surface area contributed by atoms with Crippen LogP contribution in [0.4, 0.5) is 0 Å². The Bertz CT molecular complexity index is 322. The van der Waals surface area contributed by atoms with Gasteiger partial charge in [-0.1, -0.05) is 39.0 Å². The predicted molar refractivity (Wildman–Crippen MR) is 74.8 cm³/mol. The van der Waals surface area contributed by atoms with Crippen molar-refractivity contribution >= 4 is 29.7 Å². The molecule has 0 unspecified atom stereocenters. The number of unbranched alkanes of at least 4 members (excludes halogenated alkanes) is 3. The second kappa shape index (κ2) is 12.8. The van der Waals surface area contributed by atoms with E-state index >= 15 is 0 Å². The molecule has 18 heavy (non-hydrogen) atoms. The molecular weight excluding hydrogens is 367 g/mol. The summed E-state index contributed by atoms with van der Waals surface area (Å²) in [6, 6.07) is 11.5. The second-order valence-corrected chi connectivity index (χ2v) is 8.12. The zero-order valence-electron chi connectivity index (χ0n) is 10.3. The molecule has 6 heteroatoms. The quantitative estimate of drug-likeness (QED) is 0.256. The molecule has 0 aliphatic carbocycles. The van der Waals surface area contributed by atoms with Gasteiger partial charge in [-0.2, -0.15) is 47.7 Å². The van der Waals surface area contributed by atoms with E-state index < -0.39 is 5.69 Å². The number of rotatable bonds is 5. The summed E-state index contributed by atoms with van der Waals surface area (Å²) in [5, 5.41) is 0. The van der Waals surface area contributed by atoms with Crippen molar-refractivity contribution in [3.05, 3.63) is 35.9 Å². The number of benzene rings is 1. The fraction of sp³-hybridized carbons (Fsp3) is 0.500. The second-order valence-electron chi connectivity index (χ2n) is 3.65. The first-order chi connectivity index (χ1) is 7.93. The van der Waals surface area contributed by atoms with Crippen LogP contribution in [-0.4, -0.2) is 0 Å². The van der Waals surface area contributed by atoms with E-state index in [1.165, 1.54) is 37.7 Å². The maximum absolute atomic E-state index is 9.29. The van der Waals surface area contributed by atoms with E-state index in [0.29, 0.717) is 0 Å². The summed E-state index contributed by atoms with van der Waals surface area (Å²) < 4.78 is 0. The topological polar surface area (TPSA) is 46.1 Å². The van der Waals surface area contributed by atoms with E-state index in [-0.39, 0.29) is 21.1 Å². The minimum atomic E-state index is -3.72. The Morgan fingerprint density at radius 1 is 1.28 bits per heavy atom. The van der Waals surface area contributed by atoms with E-state index in [9.17, 15) is 9.79 Å². The minimum absolute atomic E-state index is 0. The fourth-order valence-corrected chi connectivity index (χ4v) is 1.33. The Kier molecular flexibility index (Phi) is 15.1. The van der Waals surface area contributed by atoms with Crippen molar-refractivity contribution in [1.82, 2.24) is 0 Å². The van der Waals surface area contributed by atoms with Crippen LogP contribution in [0.3, 0.4) is 0 Å². The Labute approximate surface area is 135 Å². The van der Waals surface area contributed by atoms with Crippen molar-refractivity contribution in [3.8, 4) is 0 Å². The van der Waals surface area contributed by atoms with Gasteiger partial charge in [-0.3, -0.25) is 0 Å². The maximum Gasteiger partial charge on any atom is 4.00 e. The third kappa shape index (κ3) is 19.2. The molecule has 0 bridgehead atoms. The van der Waals surface area contributed by atoms with Crippen LogP contribution in [0.2, 0.25) is 0 Å². The molecule has 0 heterocycles. The van der Waals surface area contributed by atoms with Gasteiger partial charge in [0.2, 0.25) is 0 Å². The Morgan fingerprint density at radius 2 is 1.89 bits per heavy atom. The minimum Gasteiger partial charge on any atom is -0.850 e. The molecule has 0 saturated carbocycles. The number of aryl methyl sites for hydroxylation is 1. The van der Waals surface area contributed by atoms with Crippen LogP contribution >= 0.6 is 5.69 Å². The normalized spacial score (nSPS) is 10.0. The van der Waals surface area contributed by atoms with Gasteiger partial charge in [0, 0.05) is 0 Å². The molecule has 1 aromatic carbocycles. The molecule has 100 valence electrons. The van der Waals surface area contributed by atoms with Crippen LogP contribution in [0.1, 0.15) is 38.2 Å². The van der Waals surface area contributed by atoms with Crippen molar-refractivity contribution < 1.29 is 30.9 Å². The first-order valence-corrected chi connectivity index (χ1v) is 9.27. The Hall–Kier alpha value is 0.828. The number of hydrogen-bond donors (Lipinski definition) is 0. The van der Waals surface area contributed by atoms with Gasteiger partial charge in [-0.15, -0.1) is 0 Å². The summed E-state index contributed by atoms with van der Waals surface area (Å²) in [6.45, 7) is 2.24. The number of hydrogen-bond acceptors (Lipinski definition) is 4. The van der Waals surface area contributed by atoms with Crippen LogP contribution in [0, 0.1) is 6.07 Å². The zero-order chi connectivity index (χ0) is 13.1. The van der Waals surface area contributed by atoms with Crippen molar-refractivity contribution in [2.75, 3.05) is 0 Å². The van der Waals surface area contributed by atoms with Gasteiger partial charge < -0.3 is 27.7 Å². The molecule has 0 aliphatic rings. The molecule has 1 aromatic rings. The summed E-state index contributed by atoms with van der Waals surface area (Å²) in [5.74, 6) is 0. The van der Waals surface area contributed by atoms with Gasteiger partial charge in [0.1, 0.15) is 0 Å². The molecule has 0 radical (unpaired) electrons. The smallest absolute Gasteiger partial charge is 0.850 e. The van der Waals surface area contributed by atoms with Gasteiger partial charge in [0.15, 0.2) is 0 Å². The zero-order valence-corrected chi connectivity index (χ0v) is 14.9. The monoisotopic (exact) mass is 386 g/mol. The fourth-order valence-electron chi connectivity index (χ4n) is 1.33. The molecule has 0 spiro atoms. The van der Waals surface area contributed by atoms with E-state index in [2.05, 4.69) is 49.2 Å². The maximum atomic E-state index is 9.29. The third-order valence-electron chi connectivity index (χ3n) is 2.07. The van der Waals surface area contributed by atoms with Crippen molar-refractivity contribution in [3.63, 3.8) is 0 Å². The molecule has 0 aliphatic heterocycles. The molecule has 0 fully saturated rings. The average molecular weight is 384 g/mol. The molecule has 1 rings (SSSR count). The Balaban J connectivity index is 0. The SMILES string of the molecule is CCCCCCc1[c-]cccc1.[Mo+4].[O-]P([O-])(=S)[S-]. The summed E-state index contributed by atoms with van der Waals surface area (Å²) in [5.41, 5.74) is -2.37. The predicted octanol–water partition coefficient (Wildman–Crippen LogP) is 2.09. The van der Waals surface area contributed by atoms with Gasteiger partial charge in [-0.25, -0.2) is 0 Å². The van der Waals surface area contributed by atoms with Crippen LogP contribution in [0.25, 0.3) is 0 Å². The molecule has 0 N–H and O–H groups in total. The van der Waals surface area contributed by atoms with E-state index in [1.54, 1.807) is 0 Å². The summed E-state index contributed by atoms with van der Waals surface area (Å²) in [4.78, 5) is 18.6. The van der Waals surface area contributed by atoms with Crippen LogP contribution < -0.4 is 9.79 Å². The molecule has 2 nitrogen and oxygen atoms in total. The molecule has 0 amide bonds. The summed E-state index contributed by atoms with van der Waals surface area (Å²) >= 11 is 7.28. The summed E-state index contributed by atoms with van der Waals surface area (Å²) in [6.07, 6.45) is 6.56. The largest absolute Gasteiger partial charge is 4.00 e. The molecular formula is C12H17MoO2PS2. The Morgan fingerprint density at radius 3 is 2.33 bits per heavy atom. The van der Waals surface area contributed by atoms with Crippen LogP contribution in [-0.2, 0) is 51.5 Å². The molecule has 0 atom stereocenters. The van der Waals surface area contributed by atoms with E-state index in [4.69, 9.17) is 0 Å². The van der Waals surface area contributed by atoms with E-state index in [0.717, 1.165) is 0 Å². The van der Waals surface area contributed by atoms with Crippen LogP contribution in [0.15, 0.2) is 24.3 Å². The summed E-state index contributed by atoms with van der Waals surface area (Å²) in [7, 11) is 0. The molecule has 0 saturated heterocycles. The molecule has 0 aromatic heterocycles. The van der Waals surface area contributed by atoms with Crippen molar-refractivity contribution in [2.45, 2.75) is 39.0 Å². The first-order valence-electron chi connectivity index (χ1n) is 5.62. The van der Waals surface area contributed by atoms with Crippen LogP contribution in [0.5, 0.6) is 0 Å². The van der Waals surface area contributed by atoms with Crippen molar-refractivity contribution in [1.29, 1.82) is 0 Å². The standard InChI is InChI=1S/C12H17.Mo.H3O2PS2/c1-2-3-4-6-9-12-10-7-5-8-11-12;;1-3(2,4)5/h5,7-8,10H,2-4,6,9H2,1H3;;(H3,1,2,4,5)/q-1;+4;/p-3. The van der Waals surface area contributed by atoms with Crippen molar-refractivity contribution in [2.24, 2.45) is 0 Å². The first kappa shape index (κ1) is 21.1. The van der Waals surface area contributed by atoms with E-state index in [1.807, 2.05) is 12.1 Å². The van der Waals surface area contributed by atoms with Gasteiger partial charge in [-0.05, 0) is 0 Å². The van der Waals surface area contributed by atoms with Gasteiger partial charge >= 0.3 is 21.1 Å². The van der Waals surface area contributed by atoms with Gasteiger partial charge in [0.25, 0.3) is 0 Å². The third-order valence-corrected chi connectivity index (χ3v) is 2.07. The average Bonchev–Trinajstić information content (AvgIpc) is 2.24.